The zero-order chi connectivity index (χ0) is 25.9. The van der Waals surface area contributed by atoms with Crippen molar-refractivity contribution < 1.29 is 4.39 Å². The van der Waals surface area contributed by atoms with Crippen molar-refractivity contribution in [3.05, 3.63) is 107 Å². The molecule has 0 aliphatic heterocycles. The predicted octanol–water partition coefficient (Wildman–Crippen LogP) is 7.52. The Balaban J connectivity index is 1.16. The number of hydrogen-bond acceptors (Lipinski definition) is 4. The van der Waals surface area contributed by atoms with Gasteiger partial charge in [-0.2, -0.15) is 0 Å². The number of anilines is 2. The van der Waals surface area contributed by atoms with Crippen molar-refractivity contribution in [1.29, 1.82) is 0 Å². The van der Waals surface area contributed by atoms with Crippen LogP contribution in [-0.4, -0.2) is 34.5 Å². The summed E-state index contributed by atoms with van der Waals surface area (Å²) >= 11 is 0. The summed E-state index contributed by atoms with van der Waals surface area (Å²) in [6.07, 6.45) is 10.5. The van der Waals surface area contributed by atoms with Gasteiger partial charge in [0.05, 0.1) is 5.69 Å². The lowest BCUT2D eigenvalue weighted by atomic mass is 9.78. The first kappa shape index (κ1) is 24.7. The molecule has 1 aromatic heterocycles. The number of likely N-dealkylation sites (N-methyl/N-ethyl adjacent to an activating group) is 1. The molecule has 6 rings (SSSR count). The topological polar surface area (TPSA) is 41.0 Å². The molecule has 0 saturated heterocycles. The lowest BCUT2D eigenvalue weighted by Gasteiger charge is -2.31. The molecule has 38 heavy (non-hydrogen) atoms. The monoisotopic (exact) mass is 506 g/mol. The third kappa shape index (κ3) is 5.21. The van der Waals surface area contributed by atoms with E-state index in [1.54, 1.807) is 6.07 Å². The van der Waals surface area contributed by atoms with Crippen LogP contribution in [0.3, 0.4) is 0 Å². The van der Waals surface area contributed by atoms with Crippen LogP contribution in [0.25, 0.3) is 11.3 Å². The van der Waals surface area contributed by atoms with Crippen molar-refractivity contribution in [3.63, 3.8) is 0 Å². The Morgan fingerprint density at radius 3 is 2.42 bits per heavy atom. The van der Waals surface area contributed by atoms with Crippen LogP contribution in [0.15, 0.2) is 79.0 Å². The van der Waals surface area contributed by atoms with Gasteiger partial charge < -0.3 is 10.2 Å². The molecular weight excluding hydrogens is 471 g/mol. The van der Waals surface area contributed by atoms with Crippen molar-refractivity contribution >= 4 is 11.6 Å². The first-order valence-electron chi connectivity index (χ1n) is 13.9. The van der Waals surface area contributed by atoms with E-state index in [9.17, 15) is 4.39 Å². The number of fused-ring (bicyclic) bond motifs is 3. The van der Waals surface area contributed by atoms with Crippen LogP contribution < -0.4 is 5.32 Å². The van der Waals surface area contributed by atoms with Gasteiger partial charge in [-0.05, 0) is 73.2 Å². The molecule has 4 nitrogen and oxygen atoms in total. The second kappa shape index (κ2) is 11.0. The van der Waals surface area contributed by atoms with Gasteiger partial charge in [-0.3, -0.25) is 0 Å². The average molecular weight is 507 g/mol. The molecule has 1 unspecified atom stereocenters. The van der Waals surface area contributed by atoms with Crippen LogP contribution in [-0.2, 0) is 12.8 Å². The molecule has 1 saturated carbocycles. The molecule has 1 atom stereocenters. The van der Waals surface area contributed by atoms with E-state index in [4.69, 9.17) is 4.98 Å². The predicted molar refractivity (Wildman–Crippen MR) is 152 cm³/mol. The van der Waals surface area contributed by atoms with Gasteiger partial charge >= 0.3 is 0 Å². The fraction of sp³-hybridized carbons (Fsp3) is 0.333. The summed E-state index contributed by atoms with van der Waals surface area (Å²) < 4.78 is 14.7. The normalized spacial score (nSPS) is 17.2. The summed E-state index contributed by atoms with van der Waals surface area (Å²) in [6, 6.07) is 24.6. The fourth-order valence-corrected chi connectivity index (χ4v) is 6.12. The minimum absolute atomic E-state index is 0.0491. The Labute approximate surface area is 225 Å². The third-order valence-corrected chi connectivity index (χ3v) is 8.32. The van der Waals surface area contributed by atoms with Crippen LogP contribution in [0.5, 0.6) is 0 Å². The number of benzene rings is 3. The number of nitrogens with zero attached hydrogens (tertiary/aromatic N) is 3. The Morgan fingerprint density at radius 2 is 1.63 bits per heavy atom. The molecule has 0 amide bonds. The summed E-state index contributed by atoms with van der Waals surface area (Å²) in [6.45, 7) is 1.10. The summed E-state index contributed by atoms with van der Waals surface area (Å²) in [4.78, 5) is 12.1. The van der Waals surface area contributed by atoms with E-state index in [2.05, 4.69) is 58.6 Å². The Hall–Kier alpha value is -3.57. The van der Waals surface area contributed by atoms with Crippen LogP contribution >= 0.6 is 0 Å². The first-order chi connectivity index (χ1) is 18.7. The lowest BCUT2D eigenvalue weighted by Crippen LogP contribution is -2.34. The molecule has 0 bridgehead atoms. The highest BCUT2D eigenvalue weighted by atomic mass is 19.1. The molecule has 1 fully saturated rings. The average Bonchev–Trinajstić information content (AvgIpc) is 2.97. The summed E-state index contributed by atoms with van der Waals surface area (Å²) in [7, 11) is 2.27. The molecule has 3 aromatic carbocycles. The second-order valence-corrected chi connectivity index (χ2v) is 10.8. The van der Waals surface area contributed by atoms with E-state index in [1.807, 2.05) is 30.5 Å². The van der Waals surface area contributed by atoms with E-state index in [-0.39, 0.29) is 11.7 Å². The van der Waals surface area contributed by atoms with Gasteiger partial charge in [-0.15, -0.1) is 0 Å². The van der Waals surface area contributed by atoms with Crippen molar-refractivity contribution in [2.75, 3.05) is 18.9 Å². The molecule has 0 radical (unpaired) electrons. The largest absolute Gasteiger partial charge is 0.324 e. The molecule has 2 aliphatic carbocycles. The second-order valence-electron chi connectivity index (χ2n) is 10.8. The SMILES string of the molecule is CN(CCc1ccc(Nc2ncc3c(n2)-c2ccccc2C(c2ccccc2F)C3)cc1)C1CCCCC1. The maximum atomic E-state index is 14.7. The summed E-state index contributed by atoms with van der Waals surface area (Å²) in [5.41, 5.74) is 7.16. The molecule has 194 valence electrons. The van der Waals surface area contributed by atoms with E-state index in [1.165, 1.54) is 43.7 Å². The van der Waals surface area contributed by atoms with E-state index in [0.29, 0.717) is 12.4 Å². The highest BCUT2D eigenvalue weighted by Gasteiger charge is 2.29. The molecule has 4 aromatic rings. The van der Waals surface area contributed by atoms with E-state index >= 15 is 0 Å². The first-order valence-corrected chi connectivity index (χ1v) is 13.9. The number of aromatic nitrogens is 2. The van der Waals surface area contributed by atoms with Gasteiger partial charge in [-0.25, -0.2) is 14.4 Å². The molecule has 2 aliphatic rings. The Morgan fingerprint density at radius 1 is 0.895 bits per heavy atom. The number of hydrogen-bond donors (Lipinski definition) is 1. The van der Waals surface area contributed by atoms with Gasteiger partial charge in [0.2, 0.25) is 5.95 Å². The number of nitrogens with one attached hydrogen (secondary N) is 1. The zero-order valence-electron chi connectivity index (χ0n) is 22.0. The van der Waals surface area contributed by atoms with Crippen molar-refractivity contribution in [1.82, 2.24) is 14.9 Å². The van der Waals surface area contributed by atoms with Gasteiger partial charge in [0, 0.05) is 36.0 Å². The van der Waals surface area contributed by atoms with Crippen molar-refractivity contribution in [3.8, 4) is 11.3 Å². The third-order valence-electron chi connectivity index (χ3n) is 8.32. The van der Waals surface area contributed by atoms with Crippen LogP contribution in [0.4, 0.5) is 16.0 Å². The van der Waals surface area contributed by atoms with Gasteiger partial charge in [0.25, 0.3) is 0 Å². The number of halogens is 1. The van der Waals surface area contributed by atoms with Gasteiger partial charge in [-0.1, -0.05) is 73.9 Å². The highest BCUT2D eigenvalue weighted by Crippen LogP contribution is 2.42. The molecule has 5 heteroatoms. The van der Waals surface area contributed by atoms with Crippen LogP contribution in [0.2, 0.25) is 0 Å². The standard InChI is InChI=1S/C33H35FN4/c1-38(26-9-3-2-4-10-26)20-19-23-15-17-25(18-16-23)36-33-35-22-24-21-30(28-12-7-8-14-31(28)34)27-11-5-6-13-29(27)32(24)37-33/h5-8,11-18,22,26,30H,2-4,9-10,19-21H2,1H3,(H,35,36,37). The van der Waals surface area contributed by atoms with Crippen molar-refractivity contribution in [2.45, 2.75) is 56.9 Å². The van der Waals surface area contributed by atoms with Gasteiger partial charge in [0.15, 0.2) is 0 Å². The maximum Gasteiger partial charge on any atom is 0.227 e. The minimum Gasteiger partial charge on any atom is -0.324 e. The molecule has 1 heterocycles. The summed E-state index contributed by atoms with van der Waals surface area (Å²) in [5, 5.41) is 3.39. The summed E-state index contributed by atoms with van der Waals surface area (Å²) in [5.74, 6) is 0.360. The zero-order valence-corrected chi connectivity index (χ0v) is 22.0. The van der Waals surface area contributed by atoms with Gasteiger partial charge in [0.1, 0.15) is 5.82 Å². The minimum atomic E-state index is -0.168. The maximum absolute atomic E-state index is 14.7. The van der Waals surface area contributed by atoms with E-state index in [0.717, 1.165) is 52.6 Å². The Bertz CT molecular complexity index is 1390. The van der Waals surface area contributed by atoms with Crippen molar-refractivity contribution in [2.24, 2.45) is 0 Å². The number of rotatable bonds is 7. The van der Waals surface area contributed by atoms with Crippen LogP contribution in [0.1, 0.15) is 60.3 Å². The lowest BCUT2D eigenvalue weighted by molar-refractivity contribution is 0.194. The van der Waals surface area contributed by atoms with Crippen LogP contribution in [0, 0.1) is 5.82 Å². The van der Waals surface area contributed by atoms with E-state index < -0.39 is 0 Å². The highest BCUT2D eigenvalue weighted by molar-refractivity contribution is 5.73. The quantitative estimate of drug-likeness (QED) is 0.281. The molecule has 1 N–H and O–H groups in total. The molecule has 0 spiro atoms. The smallest absolute Gasteiger partial charge is 0.227 e. The Kier molecular flexibility index (Phi) is 7.19. The fourth-order valence-electron chi connectivity index (χ4n) is 6.12. The molecular formula is C33H35FN4.